The number of aliphatic hydroxyl groups is 1. The van der Waals surface area contributed by atoms with Crippen LogP contribution in [0.25, 0.3) is 0 Å². The fourth-order valence-corrected chi connectivity index (χ4v) is 5.35. The van der Waals surface area contributed by atoms with Gasteiger partial charge in [-0.3, -0.25) is 0 Å². The molecule has 0 aromatic heterocycles. The average molecular weight is 403 g/mol. The molecule has 20 heavy (non-hydrogen) atoms. The molecule has 1 fully saturated rings. The second-order valence-electron chi connectivity index (χ2n) is 4.95. The van der Waals surface area contributed by atoms with Gasteiger partial charge < -0.3 is 5.11 Å². The van der Waals surface area contributed by atoms with Gasteiger partial charge in [-0.05, 0) is 25.0 Å². The molecule has 1 saturated carbocycles. The number of hydrogen-bond acceptors (Lipinski definition) is 3. The van der Waals surface area contributed by atoms with Gasteiger partial charge in [-0.2, -0.15) is 0 Å². The molecule has 0 radical (unpaired) electrons. The molecule has 2 rings (SSSR count). The Labute approximate surface area is 136 Å². The lowest BCUT2D eigenvalue weighted by Gasteiger charge is -2.22. The first kappa shape index (κ1) is 16.5. The molecule has 0 aliphatic heterocycles. The van der Waals surface area contributed by atoms with Crippen molar-refractivity contribution >= 4 is 49.2 Å². The molecule has 0 unspecified atom stereocenters. The lowest BCUT2D eigenvalue weighted by Crippen LogP contribution is -2.40. The summed E-state index contributed by atoms with van der Waals surface area (Å²) in [6, 6.07) is 2.93. The van der Waals surface area contributed by atoms with E-state index < -0.39 is 15.6 Å². The smallest absolute Gasteiger partial charge is 0.243 e. The Bertz CT molecular complexity index is 592. The summed E-state index contributed by atoms with van der Waals surface area (Å²) in [4.78, 5) is -0.161. The maximum absolute atomic E-state index is 12.3. The number of hydrogen-bond donors (Lipinski definition) is 2. The summed E-state index contributed by atoms with van der Waals surface area (Å²) in [6.45, 7) is -0.0297. The topological polar surface area (TPSA) is 66.4 Å². The molecule has 0 bridgehead atoms. The number of rotatable bonds is 4. The molecule has 1 aromatic carbocycles. The predicted octanol–water partition coefficient (Wildman–Crippen LogP) is 3.34. The zero-order valence-electron chi connectivity index (χ0n) is 10.5. The van der Waals surface area contributed by atoms with Crippen molar-refractivity contribution in [1.82, 2.24) is 4.72 Å². The minimum absolute atomic E-state index is 0.0297. The van der Waals surface area contributed by atoms with Gasteiger partial charge in [0.05, 0.1) is 15.6 Å². The summed E-state index contributed by atoms with van der Waals surface area (Å²) in [5.41, 5.74) is -0.971. The third-order valence-corrected chi connectivity index (χ3v) is 6.14. The van der Waals surface area contributed by atoms with Crippen molar-refractivity contribution in [2.24, 2.45) is 0 Å². The average Bonchev–Trinajstić information content (AvgIpc) is 2.73. The third-order valence-electron chi connectivity index (χ3n) is 3.36. The highest BCUT2D eigenvalue weighted by atomic mass is 79.9. The van der Waals surface area contributed by atoms with Crippen molar-refractivity contribution in [3.63, 3.8) is 0 Å². The van der Waals surface area contributed by atoms with E-state index in [1.165, 1.54) is 12.1 Å². The Morgan fingerprint density at radius 1 is 1.25 bits per heavy atom. The molecule has 0 amide bonds. The van der Waals surface area contributed by atoms with Gasteiger partial charge in [-0.15, -0.1) is 0 Å². The van der Waals surface area contributed by atoms with E-state index in [1.807, 2.05) is 0 Å². The first-order valence-electron chi connectivity index (χ1n) is 6.10. The molecule has 1 aromatic rings. The van der Waals surface area contributed by atoms with Crippen LogP contribution in [0, 0.1) is 0 Å². The van der Waals surface area contributed by atoms with E-state index in [-0.39, 0.29) is 21.5 Å². The van der Waals surface area contributed by atoms with Gasteiger partial charge in [0, 0.05) is 11.0 Å². The molecule has 4 nitrogen and oxygen atoms in total. The van der Waals surface area contributed by atoms with Crippen LogP contribution in [0.5, 0.6) is 0 Å². The Morgan fingerprint density at radius 2 is 1.75 bits per heavy atom. The summed E-state index contributed by atoms with van der Waals surface area (Å²) >= 11 is 15.1. The summed E-state index contributed by atoms with van der Waals surface area (Å²) in [5, 5.41) is 10.3. The largest absolute Gasteiger partial charge is 0.389 e. The van der Waals surface area contributed by atoms with Crippen molar-refractivity contribution < 1.29 is 13.5 Å². The lowest BCUT2D eigenvalue weighted by atomic mass is 10.0. The highest BCUT2D eigenvalue weighted by molar-refractivity contribution is 9.10. The third kappa shape index (κ3) is 3.67. The number of sulfonamides is 1. The summed E-state index contributed by atoms with van der Waals surface area (Å²) in [5.74, 6) is 0. The molecular formula is C12H14BrCl2NO3S. The van der Waals surface area contributed by atoms with E-state index in [0.717, 1.165) is 12.8 Å². The van der Waals surface area contributed by atoms with Crippen molar-refractivity contribution in [3.8, 4) is 0 Å². The molecule has 0 saturated heterocycles. The minimum atomic E-state index is -3.86. The van der Waals surface area contributed by atoms with Crippen molar-refractivity contribution in [2.45, 2.75) is 36.2 Å². The Kier molecular flexibility index (Phi) is 5.04. The van der Waals surface area contributed by atoms with Crippen LogP contribution in [0.1, 0.15) is 25.7 Å². The van der Waals surface area contributed by atoms with E-state index in [2.05, 4.69) is 20.7 Å². The maximum atomic E-state index is 12.3. The van der Waals surface area contributed by atoms with E-state index >= 15 is 0 Å². The monoisotopic (exact) mass is 401 g/mol. The summed E-state index contributed by atoms with van der Waals surface area (Å²) in [7, 11) is -3.86. The summed E-state index contributed by atoms with van der Waals surface area (Å²) < 4.78 is 27.6. The van der Waals surface area contributed by atoms with Gasteiger partial charge in [0.25, 0.3) is 0 Å². The van der Waals surface area contributed by atoms with E-state index in [4.69, 9.17) is 23.2 Å². The van der Waals surface area contributed by atoms with Crippen LogP contribution in [0.3, 0.4) is 0 Å². The van der Waals surface area contributed by atoms with Gasteiger partial charge in [0.2, 0.25) is 10.0 Å². The zero-order chi connectivity index (χ0) is 15.0. The van der Waals surface area contributed by atoms with Crippen LogP contribution in [0.15, 0.2) is 21.5 Å². The first-order chi connectivity index (χ1) is 9.23. The molecule has 2 N–H and O–H groups in total. The quantitative estimate of drug-likeness (QED) is 0.811. The number of nitrogens with one attached hydrogen (secondary N) is 1. The molecule has 0 atom stereocenters. The molecule has 0 spiro atoms. The van der Waals surface area contributed by atoms with Gasteiger partial charge in [-0.25, -0.2) is 13.1 Å². The summed E-state index contributed by atoms with van der Waals surface area (Å²) in [6.07, 6.45) is 2.99. The normalized spacial score (nSPS) is 18.4. The van der Waals surface area contributed by atoms with Gasteiger partial charge in [0.1, 0.15) is 4.90 Å². The first-order valence-corrected chi connectivity index (χ1v) is 9.13. The maximum Gasteiger partial charge on any atom is 0.243 e. The van der Waals surface area contributed by atoms with Crippen molar-refractivity contribution in [3.05, 3.63) is 26.7 Å². The fourth-order valence-electron chi connectivity index (χ4n) is 2.30. The highest BCUT2D eigenvalue weighted by Crippen LogP contribution is 2.34. The highest BCUT2D eigenvalue weighted by Gasteiger charge is 2.33. The molecule has 112 valence electrons. The predicted molar refractivity (Wildman–Crippen MR) is 82.8 cm³/mol. The van der Waals surface area contributed by atoms with Crippen molar-refractivity contribution in [1.29, 1.82) is 0 Å². The lowest BCUT2D eigenvalue weighted by molar-refractivity contribution is 0.0532. The van der Waals surface area contributed by atoms with Crippen LogP contribution in [-0.2, 0) is 10.0 Å². The second-order valence-corrected chi connectivity index (χ2v) is 8.39. The zero-order valence-corrected chi connectivity index (χ0v) is 14.4. The van der Waals surface area contributed by atoms with Gasteiger partial charge >= 0.3 is 0 Å². The second kappa shape index (κ2) is 6.10. The van der Waals surface area contributed by atoms with E-state index in [1.54, 1.807) is 0 Å². The molecule has 1 aliphatic carbocycles. The molecule has 1 aliphatic rings. The Hall–Kier alpha value is 0.150. The number of halogens is 3. The van der Waals surface area contributed by atoms with E-state index in [0.29, 0.717) is 17.3 Å². The van der Waals surface area contributed by atoms with E-state index in [9.17, 15) is 13.5 Å². The number of benzene rings is 1. The molecule has 8 heteroatoms. The van der Waals surface area contributed by atoms with Crippen LogP contribution in [0.4, 0.5) is 0 Å². The van der Waals surface area contributed by atoms with Crippen LogP contribution >= 0.6 is 39.1 Å². The van der Waals surface area contributed by atoms with Crippen LogP contribution in [0.2, 0.25) is 10.0 Å². The van der Waals surface area contributed by atoms with Crippen molar-refractivity contribution in [2.75, 3.05) is 6.54 Å². The van der Waals surface area contributed by atoms with Crippen LogP contribution < -0.4 is 4.72 Å². The SMILES string of the molecule is O=S(=O)(NCC1(O)CCCC1)c1c(Cl)cc(Br)cc1Cl. The minimum Gasteiger partial charge on any atom is -0.389 e. The Balaban J connectivity index is 2.23. The van der Waals surface area contributed by atoms with Gasteiger partial charge in [-0.1, -0.05) is 52.0 Å². The van der Waals surface area contributed by atoms with Crippen LogP contribution in [-0.4, -0.2) is 25.7 Å². The molecular weight excluding hydrogens is 389 g/mol. The van der Waals surface area contributed by atoms with Gasteiger partial charge in [0.15, 0.2) is 0 Å². The fraction of sp³-hybridized carbons (Fsp3) is 0.500. The molecule has 0 heterocycles. The Morgan fingerprint density at radius 3 is 2.25 bits per heavy atom. The standard InChI is InChI=1S/C12H14BrCl2NO3S/c13-8-5-9(14)11(10(15)6-8)20(18,19)16-7-12(17)3-1-2-4-12/h5-6,16-17H,1-4,7H2.